The summed E-state index contributed by atoms with van der Waals surface area (Å²) in [7, 11) is -2.00. The Bertz CT molecular complexity index is 842. The van der Waals surface area contributed by atoms with Crippen molar-refractivity contribution in [2.75, 3.05) is 13.4 Å². The number of fused-ring (bicyclic) bond motifs is 5. The Morgan fingerprint density at radius 3 is 2.39 bits per heavy atom. The van der Waals surface area contributed by atoms with Gasteiger partial charge in [-0.3, -0.25) is 8.98 Å². The van der Waals surface area contributed by atoms with Gasteiger partial charge in [0, 0.05) is 6.42 Å². The van der Waals surface area contributed by atoms with E-state index in [1.54, 1.807) is 0 Å². The van der Waals surface area contributed by atoms with Crippen LogP contribution < -0.4 is 0 Å². The first-order valence-corrected chi connectivity index (χ1v) is 14.8. The topological polar surface area (TPSA) is 89.9 Å². The van der Waals surface area contributed by atoms with E-state index in [1.807, 2.05) is 0 Å². The average Bonchev–Trinajstić information content (AvgIpc) is 3.09. The minimum absolute atomic E-state index is 0.123. The van der Waals surface area contributed by atoms with Gasteiger partial charge in [0.2, 0.25) is 0 Å². The molecule has 4 rings (SSSR count). The predicted molar refractivity (Wildman–Crippen MR) is 127 cm³/mol. The molecular weight excluding hydrogens is 440 g/mol. The lowest BCUT2D eigenvalue weighted by Gasteiger charge is -2.62. The number of carbonyl (C=O) groups excluding carboxylic acids is 1. The minimum atomic E-state index is -3.46. The summed E-state index contributed by atoms with van der Waals surface area (Å²) in [6, 6.07) is 0. The number of rotatable bonds is 6. The molecule has 33 heavy (non-hydrogen) atoms. The predicted octanol–water partition coefficient (Wildman–Crippen LogP) is 4.55. The Labute approximate surface area is 200 Å². The van der Waals surface area contributed by atoms with Crippen molar-refractivity contribution >= 4 is 16.1 Å². The van der Waals surface area contributed by atoms with Gasteiger partial charge in [-0.2, -0.15) is 8.42 Å². The standard InChI is InChI=1S/C26H44O6S/c1-16(6-9-23(28)31-4)19-7-8-20-24-21(11-13-26(19,20)3)25(2)12-10-18(32-33(5,29)30)14-17(25)15-22(24)27/h16-22,24,27H,6-15H2,1-5H3/t16-,17?,18+,19-,20+,21+,22+,24?,25+,26-/m1/s1. The lowest BCUT2D eigenvalue weighted by Crippen LogP contribution is -2.58. The van der Waals surface area contributed by atoms with Gasteiger partial charge in [-0.15, -0.1) is 0 Å². The molecule has 2 unspecified atom stereocenters. The fourth-order valence-electron chi connectivity index (χ4n) is 9.14. The third kappa shape index (κ3) is 4.63. The Kier molecular flexibility index (Phi) is 7.00. The zero-order valence-electron chi connectivity index (χ0n) is 21.1. The average molecular weight is 485 g/mol. The summed E-state index contributed by atoms with van der Waals surface area (Å²) < 4.78 is 33.6. The molecule has 6 nitrogen and oxygen atoms in total. The van der Waals surface area contributed by atoms with E-state index in [9.17, 15) is 18.3 Å². The molecule has 4 saturated carbocycles. The third-order valence-corrected chi connectivity index (χ3v) is 11.4. The molecule has 0 heterocycles. The highest BCUT2D eigenvalue weighted by molar-refractivity contribution is 7.86. The molecule has 0 amide bonds. The van der Waals surface area contributed by atoms with Crippen molar-refractivity contribution in [2.24, 2.45) is 46.3 Å². The number of methoxy groups -OCH3 is 1. The number of aliphatic hydroxyl groups excluding tert-OH is 1. The fourth-order valence-corrected chi connectivity index (χ4v) is 9.81. The normalized spacial score (nSPS) is 46.1. The van der Waals surface area contributed by atoms with Crippen LogP contribution in [0.25, 0.3) is 0 Å². The zero-order valence-corrected chi connectivity index (χ0v) is 21.9. The first-order valence-electron chi connectivity index (χ1n) is 13.0. The van der Waals surface area contributed by atoms with Crippen LogP contribution in [0.4, 0.5) is 0 Å². The van der Waals surface area contributed by atoms with E-state index in [4.69, 9.17) is 8.92 Å². The molecule has 4 aliphatic rings. The summed E-state index contributed by atoms with van der Waals surface area (Å²) >= 11 is 0. The van der Waals surface area contributed by atoms with Crippen LogP contribution in [0.2, 0.25) is 0 Å². The van der Waals surface area contributed by atoms with Crippen LogP contribution >= 0.6 is 0 Å². The van der Waals surface area contributed by atoms with Crippen molar-refractivity contribution in [3.8, 4) is 0 Å². The second-order valence-corrected chi connectivity index (χ2v) is 13.9. The number of hydrogen-bond acceptors (Lipinski definition) is 6. The maximum atomic E-state index is 11.7. The van der Waals surface area contributed by atoms with Gasteiger partial charge in [0.25, 0.3) is 10.1 Å². The molecular formula is C26H44O6S. The summed E-state index contributed by atoms with van der Waals surface area (Å²) in [4.78, 5) is 11.7. The van der Waals surface area contributed by atoms with Crippen LogP contribution in [0.3, 0.4) is 0 Å². The first kappa shape index (κ1) is 25.4. The number of hydrogen-bond donors (Lipinski definition) is 1. The maximum Gasteiger partial charge on any atom is 0.305 e. The fraction of sp³-hybridized carbons (Fsp3) is 0.962. The Morgan fingerprint density at radius 1 is 1.06 bits per heavy atom. The minimum Gasteiger partial charge on any atom is -0.469 e. The van der Waals surface area contributed by atoms with Gasteiger partial charge in [-0.25, -0.2) is 0 Å². The van der Waals surface area contributed by atoms with Gasteiger partial charge >= 0.3 is 5.97 Å². The Morgan fingerprint density at radius 2 is 1.73 bits per heavy atom. The second kappa shape index (κ2) is 9.09. The van der Waals surface area contributed by atoms with Gasteiger partial charge in [-0.05, 0) is 104 Å². The summed E-state index contributed by atoms with van der Waals surface area (Å²) in [5.41, 5.74) is 0.370. The summed E-state index contributed by atoms with van der Waals surface area (Å²) in [5.74, 6) is 2.60. The lowest BCUT2D eigenvalue weighted by molar-refractivity contribution is -0.172. The van der Waals surface area contributed by atoms with E-state index in [0.29, 0.717) is 41.9 Å². The molecule has 10 atom stereocenters. The monoisotopic (exact) mass is 484 g/mol. The van der Waals surface area contributed by atoms with Gasteiger partial charge in [-0.1, -0.05) is 20.8 Å². The highest BCUT2D eigenvalue weighted by Gasteiger charge is 2.63. The van der Waals surface area contributed by atoms with Crippen molar-refractivity contribution in [3.05, 3.63) is 0 Å². The van der Waals surface area contributed by atoms with E-state index in [-0.39, 0.29) is 29.0 Å². The molecule has 0 aromatic rings. The molecule has 0 saturated heterocycles. The quantitative estimate of drug-likeness (QED) is 0.439. The number of ether oxygens (including phenoxy) is 1. The number of aliphatic hydroxyl groups is 1. The molecule has 0 spiro atoms. The van der Waals surface area contributed by atoms with Crippen molar-refractivity contribution in [2.45, 2.75) is 97.2 Å². The van der Waals surface area contributed by atoms with Gasteiger partial charge < -0.3 is 9.84 Å². The molecule has 190 valence electrons. The second-order valence-electron chi connectivity index (χ2n) is 12.3. The van der Waals surface area contributed by atoms with Gasteiger partial charge in [0.05, 0.1) is 25.6 Å². The van der Waals surface area contributed by atoms with E-state index in [0.717, 1.165) is 44.8 Å². The lowest BCUT2D eigenvalue weighted by atomic mass is 9.43. The van der Waals surface area contributed by atoms with Crippen LogP contribution in [-0.2, 0) is 23.8 Å². The van der Waals surface area contributed by atoms with E-state index >= 15 is 0 Å². The SMILES string of the molecule is COC(=O)CC[C@@H](C)[C@H]1CC[C@H]2C3[C@@H](O)CC4C[C@@H](OS(C)(=O)=O)CC[C@]4(C)[C@H]3CC[C@]12C. The molecule has 0 aliphatic heterocycles. The van der Waals surface area contributed by atoms with E-state index < -0.39 is 10.1 Å². The summed E-state index contributed by atoms with van der Waals surface area (Å²) in [5, 5.41) is 11.5. The van der Waals surface area contributed by atoms with Crippen LogP contribution in [0.15, 0.2) is 0 Å². The molecule has 0 aromatic heterocycles. The molecule has 4 aliphatic carbocycles. The van der Waals surface area contributed by atoms with Gasteiger partial charge in [0.1, 0.15) is 0 Å². The third-order valence-electron chi connectivity index (χ3n) is 10.7. The van der Waals surface area contributed by atoms with Crippen molar-refractivity contribution in [1.29, 1.82) is 0 Å². The summed E-state index contributed by atoms with van der Waals surface area (Å²) in [6.45, 7) is 7.16. The van der Waals surface area contributed by atoms with Crippen molar-refractivity contribution < 1.29 is 27.2 Å². The van der Waals surface area contributed by atoms with Gasteiger partial charge in [0.15, 0.2) is 0 Å². The van der Waals surface area contributed by atoms with Crippen LogP contribution in [0.5, 0.6) is 0 Å². The number of esters is 1. The molecule has 0 aromatic carbocycles. The van der Waals surface area contributed by atoms with Crippen LogP contribution in [-0.4, -0.2) is 45.1 Å². The smallest absolute Gasteiger partial charge is 0.305 e. The van der Waals surface area contributed by atoms with Crippen molar-refractivity contribution in [3.63, 3.8) is 0 Å². The molecule has 4 fully saturated rings. The van der Waals surface area contributed by atoms with E-state index in [1.165, 1.54) is 26.4 Å². The van der Waals surface area contributed by atoms with E-state index in [2.05, 4.69) is 20.8 Å². The Balaban J connectivity index is 1.50. The highest BCUT2D eigenvalue weighted by atomic mass is 32.2. The first-order chi connectivity index (χ1) is 15.4. The highest BCUT2D eigenvalue weighted by Crippen LogP contribution is 2.68. The summed E-state index contributed by atoms with van der Waals surface area (Å²) in [6.07, 6.45) is 9.87. The Hall–Kier alpha value is -0.660. The number of carbonyl (C=O) groups is 1. The molecule has 1 N–H and O–H groups in total. The maximum absolute atomic E-state index is 11.7. The van der Waals surface area contributed by atoms with Crippen LogP contribution in [0.1, 0.15) is 85.0 Å². The van der Waals surface area contributed by atoms with Crippen LogP contribution in [0, 0.1) is 46.3 Å². The van der Waals surface area contributed by atoms with Crippen molar-refractivity contribution in [1.82, 2.24) is 0 Å². The zero-order chi connectivity index (χ0) is 24.2. The largest absolute Gasteiger partial charge is 0.469 e. The molecule has 0 bridgehead atoms. The molecule has 0 radical (unpaired) electrons. The molecule has 7 heteroatoms.